The molecular formula is C9H21ClN3O+. The lowest BCUT2D eigenvalue weighted by Crippen LogP contribution is -2.55. The first-order valence-corrected chi connectivity index (χ1v) is 4.36. The smallest absolute Gasteiger partial charge is 0.247 e. The molecule has 0 saturated heterocycles. The van der Waals surface area contributed by atoms with Crippen LogP contribution in [-0.2, 0) is 4.79 Å². The molecule has 84 valence electrons. The molecule has 3 N–H and O–H groups in total. The zero-order chi connectivity index (χ0) is 10.5. The van der Waals surface area contributed by atoms with Crippen LogP contribution >= 0.6 is 12.4 Å². The molecule has 0 bridgehead atoms. The largest absolute Gasteiger partial charge is 0.330 e. The van der Waals surface area contributed by atoms with Crippen molar-refractivity contribution in [1.29, 1.82) is 0 Å². The van der Waals surface area contributed by atoms with Crippen molar-refractivity contribution >= 4 is 18.3 Å². The highest BCUT2D eigenvalue weighted by atomic mass is 35.5. The summed E-state index contributed by atoms with van der Waals surface area (Å²) in [4.78, 5) is 11.1. The first kappa shape index (κ1) is 15.9. The fourth-order valence-electron chi connectivity index (χ4n) is 1.03. The second-order valence-corrected chi connectivity index (χ2v) is 3.92. The Morgan fingerprint density at radius 2 is 2.07 bits per heavy atom. The summed E-state index contributed by atoms with van der Waals surface area (Å²) in [6.45, 7) is 3.97. The third-order valence-corrected chi connectivity index (χ3v) is 1.87. The number of nitrogens with one attached hydrogen (secondary N) is 1. The lowest BCUT2D eigenvalue weighted by molar-refractivity contribution is -0.898. The van der Waals surface area contributed by atoms with Crippen LogP contribution in [0.15, 0.2) is 12.7 Å². The summed E-state index contributed by atoms with van der Waals surface area (Å²) in [7, 11) is 6.05. The molecule has 0 aliphatic carbocycles. The predicted octanol–water partition coefficient (Wildman–Crippen LogP) is 0.0915. The Morgan fingerprint density at radius 3 is 2.36 bits per heavy atom. The molecule has 0 spiro atoms. The van der Waals surface area contributed by atoms with Crippen molar-refractivity contribution < 1.29 is 9.28 Å². The van der Waals surface area contributed by atoms with E-state index in [1.54, 1.807) is 0 Å². The molecule has 0 aromatic rings. The summed E-state index contributed by atoms with van der Waals surface area (Å²) in [6.07, 6.45) is 2.10. The molecule has 0 aromatic heterocycles. The Kier molecular flexibility index (Phi) is 7.72. The highest BCUT2D eigenvalue weighted by Gasteiger charge is 2.23. The van der Waals surface area contributed by atoms with Crippen LogP contribution in [0.4, 0.5) is 0 Å². The highest BCUT2D eigenvalue weighted by Crippen LogP contribution is 2.03. The number of carbonyl (C=O) groups excluding carboxylic acids is 1. The van der Waals surface area contributed by atoms with Gasteiger partial charge in [-0.2, -0.15) is 0 Å². The summed E-state index contributed by atoms with van der Waals surface area (Å²) in [6, 6.07) is 0. The monoisotopic (exact) mass is 222 g/mol. The average molecular weight is 223 g/mol. The van der Waals surface area contributed by atoms with Gasteiger partial charge in [0.15, 0.2) is 6.17 Å². The lowest BCUT2D eigenvalue weighted by atomic mass is 10.2. The van der Waals surface area contributed by atoms with Crippen molar-refractivity contribution in [3.8, 4) is 0 Å². The molecule has 5 heteroatoms. The number of quaternary nitrogens is 1. The van der Waals surface area contributed by atoms with Crippen molar-refractivity contribution in [2.45, 2.75) is 12.6 Å². The topological polar surface area (TPSA) is 55.1 Å². The Bertz CT molecular complexity index is 189. The van der Waals surface area contributed by atoms with E-state index >= 15 is 0 Å². The van der Waals surface area contributed by atoms with Crippen molar-refractivity contribution in [2.75, 3.05) is 27.7 Å². The van der Waals surface area contributed by atoms with Crippen molar-refractivity contribution in [2.24, 2.45) is 5.73 Å². The first-order valence-electron chi connectivity index (χ1n) is 4.36. The third kappa shape index (κ3) is 5.96. The van der Waals surface area contributed by atoms with E-state index in [4.69, 9.17) is 5.73 Å². The van der Waals surface area contributed by atoms with Gasteiger partial charge in [0.05, 0.1) is 21.1 Å². The van der Waals surface area contributed by atoms with Crippen LogP contribution in [0, 0.1) is 0 Å². The molecule has 0 rings (SSSR count). The van der Waals surface area contributed by atoms with Crippen LogP contribution in [0.2, 0.25) is 0 Å². The van der Waals surface area contributed by atoms with Crippen LogP contribution in [0.1, 0.15) is 6.42 Å². The Balaban J connectivity index is 0. The second-order valence-electron chi connectivity index (χ2n) is 3.92. The van der Waals surface area contributed by atoms with Crippen LogP contribution < -0.4 is 11.1 Å². The van der Waals surface area contributed by atoms with Gasteiger partial charge >= 0.3 is 0 Å². The van der Waals surface area contributed by atoms with Crippen LogP contribution in [0.25, 0.3) is 0 Å². The first-order chi connectivity index (χ1) is 5.91. The molecule has 0 heterocycles. The zero-order valence-electron chi connectivity index (χ0n) is 9.12. The minimum atomic E-state index is -0.147. The van der Waals surface area contributed by atoms with E-state index in [1.165, 1.54) is 6.08 Å². The Labute approximate surface area is 92.1 Å². The van der Waals surface area contributed by atoms with Crippen LogP contribution in [-0.4, -0.2) is 44.2 Å². The van der Waals surface area contributed by atoms with E-state index in [-0.39, 0.29) is 24.5 Å². The fraction of sp³-hybridized carbons (Fsp3) is 0.667. The number of hydrogen-bond acceptors (Lipinski definition) is 2. The SMILES string of the molecule is C=CC(=O)NC(CCN)[N+](C)(C)C.Cl. The Hall–Kier alpha value is -0.580. The molecule has 0 fully saturated rings. The van der Waals surface area contributed by atoms with Crippen molar-refractivity contribution in [3.63, 3.8) is 0 Å². The number of hydrogen-bond donors (Lipinski definition) is 2. The molecule has 1 unspecified atom stereocenters. The van der Waals surface area contributed by atoms with E-state index in [0.717, 1.165) is 6.42 Å². The average Bonchev–Trinajstić information content (AvgIpc) is 2.01. The normalized spacial score (nSPS) is 12.6. The number of rotatable bonds is 5. The van der Waals surface area contributed by atoms with Gasteiger partial charge in [-0.05, 0) is 12.6 Å². The minimum absolute atomic E-state index is 0. The van der Waals surface area contributed by atoms with Gasteiger partial charge in [-0.25, -0.2) is 0 Å². The summed E-state index contributed by atoms with van der Waals surface area (Å²) in [5.41, 5.74) is 5.46. The molecule has 0 aliphatic rings. The number of nitrogens with two attached hydrogens (primary N) is 1. The Morgan fingerprint density at radius 1 is 1.57 bits per heavy atom. The van der Waals surface area contributed by atoms with E-state index in [9.17, 15) is 4.79 Å². The minimum Gasteiger partial charge on any atom is -0.330 e. The molecule has 4 nitrogen and oxygen atoms in total. The van der Waals surface area contributed by atoms with E-state index in [1.807, 2.05) is 21.1 Å². The molecule has 14 heavy (non-hydrogen) atoms. The van der Waals surface area contributed by atoms with Gasteiger partial charge in [0.25, 0.3) is 0 Å². The quantitative estimate of drug-likeness (QED) is 0.394. The van der Waals surface area contributed by atoms with Gasteiger partial charge in [-0.1, -0.05) is 6.58 Å². The fourth-order valence-corrected chi connectivity index (χ4v) is 1.03. The molecule has 1 amide bonds. The van der Waals surface area contributed by atoms with Crippen molar-refractivity contribution in [3.05, 3.63) is 12.7 Å². The zero-order valence-corrected chi connectivity index (χ0v) is 9.93. The molecular weight excluding hydrogens is 202 g/mol. The summed E-state index contributed by atoms with van der Waals surface area (Å²) < 4.78 is 0.663. The van der Waals surface area contributed by atoms with Gasteiger partial charge in [0, 0.05) is 6.42 Å². The number of carbonyl (C=O) groups is 1. The molecule has 0 saturated carbocycles. The molecule has 0 aromatic carbocycles. The maximum Gasteiger partial charge on any atom is 0.247 e. The van der Waals surface area contributed by atoms with E-state index in [0.29, 0.717) is 11.0 Å². The number of amides is 1. The van der Waals surface area contributed by atoms with Crippen LogP contribution in [0.3, 0.4) is 0 Å². The van der Waals surface area contributed by atoms with E-state index in [2.05, 4.69) is 11.9 Å². The predicted molar refractivity (Wildman–Crippen MR) is 61.1 cm³/mol. The van der Waals surface area contributed by atoms with Gasteiger partial charge in [0.1, 0.15) is 0 Å². The van der Waals surface area contributed by atoms with Gasteiger partial charge < -0.3 is 15.5 Å². The number of halogens is 1. The van der Waals surface area contributed by atoms with Crippen molar-refractivity contribution in [1.82, 2.24) is 5.32 Å². The van der Waals surface area contributed by atoms with Gasteiger partial charge in [-0.15, -0.1) is 12.4 Å². The summed E-state index contributed by atoms with van der Waals surface area (Å²) in [5.74, 6) is -0.147. The molecule has 0 aliphatic heterocycles. The number of nitrogens with zero attached hydrogens (tertiary/aromatic N) is 1. The van der Waals surface area contributed by atoms with Gasteiger partial charge in [0.2, 0.25) is 5.91 Å². The van der Waals surface area contributed by atoms with Crippen LogP contribution in [0.5, 0.6) is 0 Å². The van der Waals surface area contributed by atoms with Gasteiger partial charge in [-0.3, -0.25) is 4.79 Å². The third-order valence-electron chi connectivity index (χ3n) is 1.87. The maximum absolute atomic E-state index is 11.1. The standard InChI is InChI=1S/C9H19N3O.ClH/c1-5-9(13)11-8(6-7-10)12(2,3)4;/h5,8H,1,6-7,10H2,2-4H3;1H/p+1. The molecule has 0 radical (unpaired) electrons. The summed E-state index contributed by atoms with van der Waals surface area (Å²) in [5, 5.41) is 2.84. The lowest BCUT2D eigenvalue weighted by Gasteiger charge is -2.34. The van der Waals surface area contributed by atoms with E-state index < -0.39 is 0 Å². The highest BCUT2D eigenvalue weighted by molar-refractivity contribution is 5.86. The molecule has 1 atom stereocenters. The second kappa shape index (κ2) is 6.81. The summed E-state index contributed by atoms with van der Waals surface area (Å²) >= 11 is 0. The maximum atomic E-state index is 11.1.